The highest BCUT2D eigenvalue weighted by Gasteiger charge is 2.17. The molecule has 5 nitrogen and oxygen atoms in total. The van der Waals surface area contributed by atoms with Gasteiger partial charge in [0.2, 0.25) is 5.91 Å². The van der Waals surface area contributed by atoms with E-state index in [1.165, 1.54) is 11.8 Å². The molecule has 1 atom stereocenters. The number of benzene rings is 2. The van der Waals surface area contributed by atoms with Crippen molar-refractivity contribution in [2.75, 3.05) is 12.4 Å². The van der Waals surface area contributed by atoms with Crippen molar-refractivity contribution in [1.29, 1.82) is 0 Å². The summed E-state index contributed by atoms with van der Waals surface area (Å²) in [6.45, 7) is 1.83. The van der Waals surface area contributed by atoms with E-state index in [0.717, 1.165) is 16.8 Å². The van der Waals surface area contributed by atoms with Gasteiger partial charge in [0.1, 0.15) is 5.75 Å². The first-order valence-corrected chi connectivity index (χ1v) is 8.58. The van der Waals surface area contributed by atoms with Gasteiger partial charge in [0.25, 0.3) is 0 Å². The SMILES string of the molecule is COc1ccc2nc(S[C@@H](C)C(=O)Nc3cccc(Cl)c3)[nH]c2c1. The number of thioether (sulfide) groups is 1. The monoisotopic (exact) mass is 361 g/mol. The van der Waals surface area contributed by atoms with Crippen molar-refractivity contribution in [2.24, 2.45) is 0 Å². The van der Waals surface area contributed by atoms with E-state index in [1.54, 1.807) is 31.4 Å². The Morgan fingerprint density at radius 3 is 2.92 bits per heavy atom. The molecule has 0 spiro atoms. The Balaban J connectivity index is 1.69. The molecule has 0 saturated carbocycles. The molecule has 124 valence electrons. The van der Waals surface area contributed by atoms with Gasteiger partial charge in [0.05, 0.1) is 23.4 Å². The minimum Gasteiger partial charge on any atom is -0.497 e. The minimum atomic E-state index is -0.313. The van der Waals surface area contributed by atoms with E-state index in [-0.39, 0.29) is 11.2 Å². The number of carbonyl (C=O) groups is 1. The molecular formula is C17H16ClN3O2S. The quantitative estimate of drug-likeness (QED) is 0.663. The molecule has 0 bridgehead atoms. The van der Waals surface area contributed by atoms with Crippen LogP contribution in [0.2, 0.25) is 5.02 Å². The van der Waals surface area contributed by atoms with E-state index >= 15 is 0 Å². The first-order chi connectivity index (χ1) is 11.5. The third-order valence-corrected chi connectivity index (χ3v) is 4.64. The summed E-state index contributed by atoms with van der Waals surface area (Å²) >= 11 is 7.29. The molecule has 2 aromatic carbocycles. The second kappa shape index (κ2) is 7.15. The van der Waals surface area contributed by atoms with E-state index in [1.807, 2.05) is 25.1 Å². The number of nitrogens with zero attached hydrogens (tertiary/aromatic N) is 1. The zero-order valence-corrected chi connectivity index (χ0v) is 14.7. The van der Waals surface area contributed by atoms with E-state index in [9.17, 15) is 4.79 Å². The fourth-order valence-corrected chi connectivity index (χ4v) is 3.19. The Morgan fingerprint density at radius 2 is 2.17 bits per heavy atom. The fourth-order valence-electron chi connectivity index (χ4n) is 2.18. The van der Waals surface area contributed by atoms with Gasteiger partial charge in [0, 0.05) is 16.8 Å². The van der Waals surface area contributed by atoms with Crippen LogP contribution in [0.15, 0.2) is 47.6 Å². The summed E-state index contributed by atoms with van der Waals surface area (Å²) in [5, 5.41) is 3.81. The summed E-state index contributed by atoms with van der Waals surface area (Å²) in [5.74, 6) is 0.648. The summed E-state index contributed by atoms with van der Waals surface area (Å²) in [7, 11) is 1.62. The van der Waals surface area contributed by atoms with Gasteiger partial charge >= 0.3 is 0 Å². The number of rotatable bonds is 5. The van der Waals surface area contributed by atoms with Crippen LogP contribution in [-0.2, 0) is 4.79 Å². The molecule has 1 heterocycles. The topological polar surface area (TPSA) is 67.0 Å². The largest absolute Gasteiger partial charge is 0.497 e. The Labute approximate surface area is 148 Å². The number of H-pyrrole nitrogens is 1. The normalized spacial score (nSPS) is 12.1. The van der Waals surface area contributed by atoms with Gasteiger partial charge in [-0.2, -0.15) is 0 Å². The van der Waals surface area contributed by atoms with Gasteiger partial charge in [-0.1, -0.05) is 29.4 Å². The summed E-state index contributed by atoms with van der Waals surface area (Å²) in [6, 6.07) is 12.7. The first-order valence-electron chi connectivity index (χ1n) is 7.32. The van der Waals surface area contributed by atoms with Crippen molar-refractivity contribution in [3.63, 3.8) is 0 Å². The number of nitrogens with one attached hydrogen (secondary N) is 2. The van der Waals surface area contributed by atoms with Crippen molar-refractivity contribution in [3.05, 3.63) is 47.5 Å². The Kier molecular flexibility index (Phi) is 4.97. The lowest BCUT2D eigenvalue weighted by molar-refractivity contribution is -0.115. The van der Waals surface area contributed by atoms with Crippen molar-refractivity contribution in [1.82, 2.24) is 9.97 Å². The third kappa shape index (κ3) is 3.83. The van der Waals surface area contributed by atoms with Crippen LogP contribution in [0.1, 0.15) is 6.92 Å². The number of aromatic amines is 1. The lowest BCUT2D eigenvalue weighted by Crippen LogP contribution is -2.22. The van der Waals surface area contributed by atoms with Gasteiger partial charge in [-0.25, -0.2) is 4.98 Å². The van der Waals surface area contributed by atoms with Crippen LogP contribution in [0, 0.1) is 0 Å². The van der Waals surface area contributed by atoms with Crippen LogP contribution in [0.25, 0.3) is 11.0 Å². The smallest absolute Gasteiger partial charge is 0.237 e. The zero-order chi connectivity index (χ0) is 17.1. The zero-order valence-electron chi connectivity index (χ0n) is 13.2. The third-order valence-electron chi connectivity index (χ3n) is 3.42. The maximum atomic E-state index is 12.3. The number of imidazole rings is 1. The average Bonchev–Trinajstić information content (AvgIpc) is 2.95. The number of ether oxygens (including phenoxy) is 1. The molecule has 0 aliphatic carbocycles. The minimum absolute atomic E-state index is 0.111. The van der Waals surface area contributed by atoms with Gasteiger partial charge in [-0.3, -0.25) is 4.79 Å². The number of fused-ring (bicyclic) bond motifs is 1. The molecule has 0 saturated heterocycles. The van der Waals surface area contributed by atoms with Gasteiger partial charge in [-0.15, -0.1) is 0 Å². The lowest BCUT2D eigenvalue weighted by atomic mass is 10.3. The van der Waals surface area contributed by atoms with Crippen LogP contribution >= 0.6 is 23.4 Å². The predicted octanol–water partition coefficient (Wildman–Crippen LogP) is 4.34. The number of hydrogen-bond donors (Lipinski definition) is 2. The summed E-state index contributed by atoms with van der Waals surface area (Å²) in [4.78, 5) is 20.0. The highest BCUT2D eigenvalue weighted by molar-refractivity contribution is 8.00. The number of carbonyl (C=O) groups excluding carboxylic acids is 1. The predicted molar refractivity (Wildman–Crippen MR) is 98.0 cm³/mol. The van der Waals surface area contributed by atoms with Crippen LogP contribution in [0.3, 0.4) is 0 Å². The number of amides is 1. The van der Waals surface area contributed by atoms with Crippen LogP contribution in [0.5, 0.6) is 5.75 Å². The maximum absolute atomic E-state index is 12.3. The molecular weight excluding hydrogens is 346 g/mol. The molecule has 1 amide bonds. The molecule has 1 aromatic heterocycles. The van der Waals surface area contributed by atoms with Crippen LogP contribution in [0.4, 0.5) is 5.69 Å². The highest BCUT2D eigenvalue weighted by atomic mass is 35.5. The molecule has 0 aliphatic rings. The van der Waals surface area contributed by atoms with Crippen molar-refractivity contribution in [2.45, 2.75) is 17.3 Å². The van der Waals surface area contributed by atoms with E-state index < -0.39 is 0 Å². The Hall–Kier alpha value is -2.18. The number of aromatic nitrogens is 2. The van der Waals surface area contributed by atoms with E-state index in [4.69, 9.17) is 16.3 Å². The van der Waals surface area contributed by atoms with Crippen LogP contribution < -0.4 is 10.1 Å². The molecule has 24 heavy (non-hydrogen) atoms. The molecule has 7 heteroatoms. The number of halogens is 1. The highest BCUT2D eigenvalue weighted by Crippen LogP contribution is 2.26. The van der Waals surface area contributed by atoms with Gasteiger partial charge in [-0.05, 0) is 37.3 Å². The molecule has 0 radical (unpaired) electrons. The molecule has 3 aromatic rings. The summed E-state index contributed by atoms with van der Waals surface area (Å²) < 4.78 is 5.20. The Bertz CT molecular complexity index is 881. The Morgan fingerprint density at radius 1 is 1.33 bits per heavy atom. The molecule has 0 aliphatic heterocycles. The fraction of sp³-hybridized carbons (Fsp3) is 0.176. The average molecular weight is 362 g/mol. The first kappa shape index (κ1) is 16.7. The molecule has 3 rings (SSSR count). The molecule has 2 N–H and O–H groups in total. The second-order valence-corrected chi connectivity index (χ2v) is 6.95. The second-order valence-electron chi connectivity index (χ2n) is 5.18. The van der Waals surface area contributed by atoms with Crippen LogP contribution in [-0.4, -0.2) is 28.2 Å². The number of methoxy groups -OCH3 is 1. The standard InChI is InChI=1S/C17H16ClN3O2S/c1-10(16(22)19-12-5-3-4-11(18)8-12)24-17-20-14-7-6-13(23-2)9-15(14)21-17/h3-10H,1-2H3,(H,19,22)(H,20,21)/t10-/m0/s1. The van der Waals surface area contributed by atoms with E-state index in [2.05, 4.69) is 15.3 Å². The van der Waals surface area contributed by atoms with Gasteiger partial charge < -0.3 is 15.0 Å². The maximum Gasteiger partial charge on any atom is 0.237 e. The number of hydrogen-bond acceptors (Lipinski definition) is 4. The van der Waals surface area contributed by atoms with Gasteiger partial charge in [0.15, 0.2) is 5.16 Å². The van der Waals surface area contributed by atoms with Crippen molar-refractivity contribution >= 4 is 46.0 Å². The lowest BCUT2D eigenvalue weighted by Gasteiger charge is -2.10. The summed E-state index contributed by atoms with van der Waals surface area (Å²) in [5.41, 5.74) is 2.38. The van der Waals surface area contributed by atoms with Crippen molar-refractivity contribution < 1.29 is 9.53 Å². The number of anilines is 1. The van der Waals surface area contributed by atoms with Crippen molar-refractivity contribution in [3.8, 4) is 5.75 Å². The molecule has 0 unspecified atom stereocenters. The summed E-state index contributed by atoms with van der Waals surface area (Å²) in [6.07, 6.45) is 0. The molecule has 0 fully saturated rings. The van der Waals surface area contributed by atoms with E-state index in [0.29, 0.717) is 15.9 Å².